The lowest BCUT2D eigenvalue weighted by Crippen LogP contribution is -2.29. The highest BCUT2D eigenvalue weighted by Crippen LogP contribution is 2.03. The molecule has 1 aromatic heterocycles. The maximum Gasteiger partial charge on any atom is 0.328 e. The predicted molar refractivity (Wildman–Crippen MR) is 68.7 cm³/mol. The Kier molecular flexibility index (Phi) is 5.69. The van der Waals surface area contributed by atoms with E-state index in [4.69, 9.17) is 11.6 Å². The van der Waals surface area contributed by atoms with Gasteiger partial charge in [0.2, 0.25) is 0 Å². The molecule has 1 rings (SSSR count). The number of aromatic amines is 1. The first kappa shape index (κ1) is 13.4. The normalized spacial score (nSPS) is 10.6. The lowest BCUT2D eigenvalue weighted by molar-refractivity contribution is 0.561. The van der Waals surface area contributed by atoms with E-state index in [0.29, 0.717) is 6.54 Å². The number of hydrogen-bond donors (Lipinski definition) is 2. The Morgan fingerprint density at radius 3 is 2.62 bits per heavy atom. The summed E-state index contributed by atoms with van der Waals surface area (Å²) in [6.07, 6.45) is 5.53. The van der Waals surface area contributed by atoms with Gasteiger partial charge in [0.25, 0.3) is 5.56 Å². The van der Waals surface area contributed by atoms with E-state index in [-0.39, 0.29) is 5.02 Å². The largest absolute Gasteiger partial charge is 0.328 e. The topological polar surface area (TPSA) is 54.9 Å². The van der Waals surface area contributed by atoms with Crippen molar-refractivity contribution in [3.63, 3.8) is 0 Å². The second-order valence-electron chi connectivity index (χ2n) is 3.57. The van der Waals surface area contributed by atoms with Crippen LogP contribution in [0.5, 0.6) is 0 Å². The van der Waals surface area contributed by atoms with Crippen molar-refractivity contribution in [2.24, 2.45) is 0 Å². The number of rotatable bonds is 6. The molecule has 0 aliphatic carbocycles. The van der Waals surface area contributed by atoms with Crippen LogP contribution >= 0.6 is 24.2 Å². The molecule has 0 aliphatic rings. The lowest BCUT2D eigenvalue weighted by Gasteiger charge is -2.04. The molecule has 0 bridgehead atoms. The van der Waals surface area contributed by atoms with Crippen molar-refractivity contribution < 1.29 is 0 Å². The quantitative estimate of drug-likeness (QED) is 0.605. The molecule has 0 amide bonds. The van der Waals surface area contributed by atoms with Gasteiger partial charge in [-0.05, 0) is 18.6 Å². The minimum atomic E-state index is -0.530. The maximum atomic E-state index is 11.3. The van der Waals surface area contributed by atoms with Crippen molar-refractivity contribution in [1.29, 1.82) is 0 Å². The summed E-state index contributed by atoms with van der Waals surface area (Å²) in [4.78, 5) is 24.5. The molecule has 0 aromatic carbocycles. The molecule has 0 atom stereocenters. The van der Waals surface area contributed by atoms with E-state index in [1.807, 2.05) is 0 Å². The first-order valence-corrected chi connectivity index (χ1v) is 6.26. The molecule has 1 heterocycles. The molecule has 4 nitrogen and oxygen atoms in total. The standard InChI is InChI=1S/C10H15ClN2O2S/c11-8-7-13(10(15)12-9(8)14)5-3-1-2-4-6-16/h7,16H,1-6H2,(H,12,14,15). The van der Waals surface area contributed by atoms with Gasteiger partial charge in [-0.1, -0.05) is 24.4 Å². The molecule has 0 aliphatic heterocycles. The van der Waals surface area contributed by atoms with E-state index in [9.17, 15) is 9.59 Å². The van der Waals surface area contributed by atoms with Gasteiger partial charge >= 0.3 is 5.69 Å². The van der Waals surface area contributed by atoms with E-state index in [2.05, 4.69) is 17.6 Å². The maximum absolute atomic E-state index is 11.3. The summed E-state index contributed by atoms with van der Waals surface area (Å²) in [6, 6.07) is 0. The van der Waals surface area contributed by atoms with E-state index in [0.717, 1.165) is 31.4 Å². The number of nitrogens with one attached hydrogen (secondary N) is 1. The van der Waals surface area contributed by atoms with Crippen molar-refractivity contribution in [1.82, 2.24) is 9.55 Å². The first-order valence-electron chi connectivity index (χ1n) is 5.25. The van der Waals surface area contributed by atoms with Gasteiger partial charge in [-0.2, -0.15) is 12.6 Å². The average Bonchev–Trinajstić information content (AvgIpc) is 2.25. The molecule has 90 valence electrons. The summed E-state index contributed by atoms with van der Waals surface area (Å²) in [6.45, 7) is 0.585. The predicted octanol–water partition coefficient (Wildman–Crippen LogP) is 1.68. The van der Waals surface area contributed by atoms with Gasteiger partial charge in [0.05, 0.1) is 0 Å². The van der Waals surface area contributed by atoms with E-state index in [1.54, 1.807) is 0 Å². The molecule has 16 heavy (non-hydrogen) atoms. The zero-order valence-corrected chi connectivity index (χ0v) is 10.6. The Morgan fingerprint density at radius 1 is 1.25 bits per heavy atom. The molecule has 0 saturated heterocycles. The molecule has 6 heteroatoms. The van der Waals surface area contributed by atoms with E-state index < -0.39 is 11.2 Å². The molecule has 1 aromatic rings. The van der Waals surface area contributed by atoms with Gasteiger partial charge in [0.1, 0.15) is 5.02 Å². The molecule has 0 saturated carbocycles. The van der Waals surface area contributed by atoms with Crippen LogP contribution in [0.3, 0.4) is 0 Å². The summed E-state index contributed by atoms with van der Waals surface area (Å²) in [7, 11) is 0. The van der Waals surface area contributed by atoms with Gasteiger partial charge in [-0.15, -0.1) is 0 Å². The van der Waals surface area contributed by atoms with E-state index in [1.165, 1.54) is 10.8 Å². The summed E-state index contributed by atoms with van der Waals surface area (Å²) >= 11 is 9.76. The van der Waals surface area contributed by atoms with Gasteiger partial charge in [0, 0.05) is 12.7 Å². The van der Waals surface area contributed by atoms with E-state index >= 15 is 0 Å². The molecule has 0 unspecified atom stereocenters. The van der Waals surface area contributed by atoms with Crippen LogP contribution in [-0.2, 0) is 6.54 Å². The number of hydrogen-bond acceptors (Lipinski definition) is 3. The number of halogens is 1. The van der Waals surface area contributed by atoms with Crippen LogP contribution in [0, 0.1) is 0 Å². The number of H-pyrrole nitrogens is 1. The number of unbranched alkanes of at least 4 members (excludes halogenated alkanes) is 3. The van der Waals surface area contributed by atoms with Gasteiger partial charge in [0.15, 0.2) is 0 Å². The fraction of sp³-hybridized carbons (Fsp3) is 0.600. The summed E-state index contributed by atoms with van der Waals surface area (Å²) in [5.41, 5.74) is -0.929. The Bertz CT molecular complexity index is 441. The smallest absolute Gasteiger partial charge is 0.299 e. The third kappa shape index (κ3) is 4.06. The molecular weight excluding hydrogens is 248 g/mol. The Hall–Kier alpha value is -0.680. The lowest BCUT2D eigenvalue weighted by atomic mass is 10.2. The summed E-state index contributed by atoms with van der Waals surface area (Å²) in [5.74, 6) is 0.893. The summed E-state index contributed by atoms with van der Waals surface area (Å²) in [5, 5.41) is 0.0509. The zero-order valence-electron chi connectivity index (χ0n) is 8.91. The fourth-order valence-corrected chi connectivity index (χ4v) is 1.78. The number of thiol groups is 1. The molecule has 1 N–H and O–H groups in total. The molecule has 0 fully saturated rings. The highest BCUT2D eigenvalue weighted by atomic mass is 35.5. The minimum Gasteiger partial charge on any atom is -0.299 e. The van der Waals surface area contributed by atoms with Crippen molar-refractivity contribution >= 4 is 24.2 Å². The highest BCUT2D eigenvalue weighted by molar-refractivity contribution is 7.80. The van der Waals surface area contributed by atoms with Crippen LogP contribution < -0.4 is 11.2 Å². The van der Waals surface area contributed by atoms with Crippen molar-refractivity contribution in [2.75, 3.05) is 5.75 Å². The zero-order chi connectivity index (χ0) is 12.0. The van der Waals surface area contributed by atoms with Gasteiger partial charge < -0.3 is 0 Å². The second-order valence-corrected chi connectivity index (χ2v) is 4.42. The average molecular weight is 263 g/mol. The third-order valence-corrected chi connectivity index (χ3v) is 2.86. The highest BCUT2D eigenvalue weighted by Gasteiger charge is 2.01. The Labute approximate surface area is 104 Å². The SMILES string of the molecule is O=c1[nH]c(=O)n(CCCCCCS)cc1Cl. The molecular formula is C10H15ClN2O2S. The number of aromatic nitrogens is 2. The van der Waals surface area contributed by atoms with Crippen LogP contribution in [0.2, 0.25) is 5.02 Å². The second kappa shape index (κ2) is 6.81. The number of nitrogens with zero attached hydrogens (tertiary/aromatic N) is 1. The monoisotopic (exact) mass is 262 g/mol. The van der Waals surface area contributed by atoms with Gasteiger partial charge in [-0.25, -0.2) is 4.79 Å². The van der Waals surface area contributed by atoms with Crippen LogP contribution in [0.1, 0.15) is 25.7 Å². The Balaban J connectivity index is 2.51. The first-order chi connectivity index (χ1) is 7.65. The van der Waals surface area contributed by atoms with Gasteiger partial charge in [-0.3, -0.25) is 14.3 Å². The van der Waals surface area contributed by atoms with Crippen molar-refractivity contribution in [3.05, 3.63) is 32.1 Å². The van der Waals surface area contributed by atoms with Crippen molar-refractivity contribution in [2.45, 2.75) is 32.2 Å². The van der Waals surface area contributed by atoms with Crippen LogP contribution in [0.15, 0.2) is 15.8 Å². The summed E-state index contributed by atoms with van der Waals surface area (Å²) < 4.78 is 1.43. The van der Waals surface area contributed by atoms with Crippen LogP contribution in [-0.4, -0.2) is 15.3 Å². The molecule has 0 spiro atoms. The van der Waals surface area contributed by atoms with Crippen LogP contribution in [0.4, 0.5) is 0 Å². The fourth-order valence-electron chi connectivity index (χ4n) is 1.40. The Morgan fingerprint density at radius 2 is 1.94 bits per heavy atom. The third-order valence-electron chi connectivity index (χ3n) is 2.27. The molecule has 0 radical (unpaired) electrons. The van der Waals surface area contributed by atoms with Crippen LogP contribution in [0.25, 0.3) is 0 Å². The van der Waals surface area contributed by atoms with Crippen molar-refractivity contribution in [3.8, 4) is 0 Å². The minimum absolute atomic E-state index is 0.0509. The number of aryl methyl sites for hydroxylation is 1.